The van der Waals surface area contributed by atoms with E-state index in [9.17, 15) is 4.79 Å². The Bertz CT molecular complexity index is 691. The molecule has 2 rings (SSSR count). The maximum absolute atomic E-state index is 11.8. The highest BCUT2D eigenvalue weighted by Crippen LogP contribution is 2.48. The summed E-state index contributed by atoms with van der Waals surface area (Å²) in [5, 5.41) is 9.49. The molecule has 0 spiro atoms. The minimum atomic E-state index is -0.510. The smallest absolute Gasteiger partial charge is 0.412 e. The average Bonchev–Trinajstić information content (AvgIpc) is 3.44. The summed E-state index contributed by atoms with van der Waals surface area (Å²) in [6.45, 7) is 10.9. The van der Waals surface area contributed by atoms with Crippen LogP contribution in [0.3, 0.4) is 0 Å². The lowest BCUT2D eigenvalue weighted by Gasteiger charge is -2.19. The molecule has 0 saturated heterocycles. The minimum absolute atomic E-state index is 0.343. The summed E-state index contributed by atoms with van der Waals surface area (Å²) in [6, 6.07) is 7.82. The van der Waals surface area contributed by atoms with Crippen molar-refractivity contribution < 1.29 is 14.3 Å². The molecule has 1 fully saturated rings. The monoisotopic (exact) mass is 418 g/mol. The Morgan fingerprint density at radius 3 is 2.43 bits per heavy atom. The molecule has 7 heteroatoms. The zero-order valence-electron chi connectivity index (χ0n) is 19.1. The summed E-state index contributed by atoms with van der Waals surface area (Å²) < 4.78 is 10.5. The number of hydrogen-bond acceptors (Lipinski definition) is 4. The first-order chi connectivity index (χ1) is 14.3. The lowest BCUT2D eigenvalue weighted by Crippen LogP contribution is -2.38. The van der Waals surface area contributed by atoms with Crippen LogP contribution in [0.1, 0.15) is 52.5 Å². The molecule has 1 saturated carbocycles. The van der Waals surface area contributed by atoms with Gasteiger partial charge in [-0.1, -0.05) is 12.1 Å². The van der Waals surface area contributed by atoms with Gasteiger partial charge in [-0.15, -0.1) is 0 Å². The molecule has 0 aromatic heterocycles. The quantitative estimate of drug-likeness (QED) is 0.396. The van der Waals surface area contributed by atoms with Gasteiger partial charge in [0.2, 0.25) is 0 Å². The molecular formula is C23H38N4O3. The molecule has 1 aromatic carbocycles. The van der Waals surface area contributed by atoms with Crippen LogP contribution in [-0.2, 0) is 15.9 Å². The molecule has 1 aliphatic carbocycles. The molecule has 1 aliphatic rings. The maximum Gasteiger partial charge on any atom is 0.412 e. The Morgan fingerprint density at radius 2 is 1.87 bits per heavy atom. The van der Waals surface area contributed by atoms with Crippen LogP contribution < -0.4 is 16.0 Å². The third-order valence-electron chi connectivity index (χ3n) is 5.02. The molecule has 3 N–H and O–H groups in total. The molecule has 30 heavy (non-hydrogen) atoms. The highest BCUT2D eigenvalue weighted by Gasteiger charge is 2.41. The van der Waals surface area contributed by atoms with Crippen LogP contribution >= 0.6 is 0 Å². The Hall–Kier alpha value is -2.28. The summed E-state index contributed by atoms with van der Waals surface area (Å²) in [4.78, 5) is 16.6. The van der Waals surface area contributed by atoms with Gasteiger partial charge in [-0.3, -0.25) is 10.3 Å². The van der Waals surface area contributed by atoms with Crippen LogP contribution in [0.25, 0.3) is 0 Å². The molecule has 0 radical (unpaired) electrons. The number of nitrogens with zero attached hydrogens (tertiary/aromatic N) is 1. The molecule has 1 amide bonds. The number of benzene rings is 1. The van der Waals surface area contributed by atoms with Crippen molar-refractivity contribution in [3.63, 3.8) is 0 Å². The third-order valence-corrected chi connectivity index (χ3v) is 5.02. The van der Waals surface area contributed by atoms with E-state index in [1.165, 1.54) is 18.4 Å². The number of carbonyl (C=O) groups excluding carboxylic acids is 1. The Kier molecular flexibility index (Phi) is 8.96. The van der Waals surface area contributed by atoms with Gasteiger partial charge in [0.15, 0.2) is 5.96 Å². The fourth-order valence-corrected chi connectivity index (χ4v) is 3.07. The van der Waals surface area contributed by atoms with E-state index in [-0.39, 0.29) is 0 Å². The second-order valence-corrected chi connectivity index (χ2v) is 8.94. The van der Waals surface area contributed by atoms with Crippen molar-refractivity contribution in [1.82, 2.24) is 10.6 Å². The fraction of sp³-hybridized carbons (Fsp3) is 0.652. The summed E-state index contributed by atoms with van der Waals surface area (Å²) in [5.41, 5.74) is 1.74. The highest BCUT2D eigenvalue weighted by molar-refractivity contribution is 5.84. The second kappa shape index (κ2) is 11.2. The molecule has 0 atom stereocenters. The molecule has 168 valence electrons. The van der Waals surface area contributed by atoms with Crippen molar-refractivity contribution in [1.29, 1.82) is 0 Å². The number of hydrogen-bond donors (Lipinski definition) is 3. The molecule has 1 aromatic rings. The summed E-state index contributed by atoms with van der Waals surface area (Å²) in [5.74, 6) is 0.865. The third kappa shape index (κ3) is 9.03. The van der Waals surface area contributed by atoms with Crippen LogP contribution in [-0.4, -0.2) is 51.0 Å². The van der Waals surface area contributed by atoms with Crippen molar-refractivity contribution >= 4 is 17.7 Å². The number of ether oxygens (including phenoxy) is 2. The maximum atomic E-state index is 11.8. The van der Waals surface area contributed by atoms with Gasteiger partial charge in [0.25, 0.3) is 0 Å². The normalized spacial score (nSPS) is 15.4. The number of methoxy groups -OCH3 is 1. The van der Waals surface area contributed by atoms with E-state index in [0.717, 1.165) is 50.7 Å². The van der Waals surface area contributed by atoms with Crippen molar-refractivity contribution in [2.45, 2.75) is 59.0 Å². The first-order valence-corrected chi connectivity index (χ1v) is 10.9. The average molecular weight is 419 g/mol. The molecule has 7 nitrogen and oxygen atoms in total. The molecule has 0 aliphatic heterocycles. The van der Waals surface area contributed by atoms with Gasteiger partial charge in [0.1, 0.15) is 5.60 Å². The summed E-state index contributed by atoms with van der Waals surface area (Å²) >= 11 is 0. The van der Waals surface area contributed by atoms with Crippen LogP contribution in [0, 0.1) is 5.41 Å². The molecule has 0 bridgehead atoms. The minimum Gasteiger partial charge on any atom is -0.444 e. The lowest BCUT2D eigenvalue weighted by atomic mass is 10.0. The topological polar surface area (TPSA) is 84.0 Å². The SMILES string of the molecule is CCNC(=NCC1(CCOC)CC1)NCCc1ccc(NC(=O)OC(C)(C)C)cc1. The zero-order valence-corrected chi connectivity index (χ0v) is 19.1. The number of nitrogens with one attached hydrogen (secondary N) is 3. The fourth-order valence-electron chi connectivity index (χ4n) is 3.07. The Morgan fingerprint density at radius 1 is 1.17 bits per heavy atom. The van der Waals surface area contributed by atoms with Crippen LogP contribution in [0.4, 0.5) is 10.5 Å². The molecular weight excluding hydrogens is 380 g/mol. The number of guanidine groups is 1. The summed E-state index contributed by atoms with van der Waals surface area (Å²) in [6.07, 6.45) is 3.98. The predicted molar refractivity (Wildman–Crippen MR) is 122 cm³/mol. The first kappa shape index (κ1) is 24.0. The van der Waals surface area contributed by atoms with Gasteiger partial charge in [0.05, 0.1) is 0 Å². The van der Waals surface area contributed by atoms with E-state index in [1.54, 1.807) is 7.11 Å². The van der Waals surface area contributed by atoms with Crippen molar-refractivity contribution in [2.24, 2.45) is 10.4 Å². The number of carbonyl (C=O) groups is 1. The Labute approximate surface area is 181 Å². The van der Waals surface area contributed by atoms with E-state index < -0.39 is 11.7 Å². The van der Waals surface area contributed by atoms with Gasteiger partial charge in [-0.25, -0.2) is 4.79 Å². The highest BCUT2D eigenvalue weighted by atomic mass is 16.6. The number of amides is 1. The number of rotatable bonds is 10. The van der Waals surface area contributed by atoms with Crippen LogP contribution in [0.15, 0.2) is 29.3 Å². The number of aliphatic imine (C=N–C) groups is 1. The van der Waals surface area contributed by atoms with Crippen LogP contribution in [0.5, 0.6) is 0 Å². The lowest BCUT2D eigenvalue weighted by molar-refractivity contribution is 0.0636. The van der Waals surface area contributed by atoms with E-state index in [2.05, 4.69) is 22.9 Å². The van der Waals surface area contributed by atoms with Crippen LogP contribution in [0.2, 0.25) is 0 Å². The largest absolute Gasteiger partial charge is 0.444 e. The molecule has 0 heterocycles. The van der Waals surface area contributed by atoms with Gasteiger partial charge in [-0.2, -0.15) is 0 Å². The predicted octanol–water partition coefficient (Wildman–Crippen LogP) is 3.95. The van der Waals surface area contributed by atoms with E-state index in [1.807, 2.05) is 45.0 Å². The van der Waals surface area contributed by atoms with E-state index in [0.29, 0.717) is 5.41 Å². The van der Waals surface area contributed by atoms with Gasteiger partial charge >= 0.3 is 6.09 Å². The second-order valence-electron chi connectivity index (χ2n) is 8.94. The van der Waals surface area contributed by atoms with Crippen molar-refractivity contribution in [2.75, 3.05) is 38.7 Å². The summed E-state index contributed by atoms with van der Waals surface area (Å²) in [7, 11) is 1.76. The Balaban J connectivity index is 1.78. The number of anilines is 1. The molecule has 0 unspecified atom stereocenters. The standard InChI is InChI=1S/C23H38N4O3/c1-6-24-20(26-17-23(12-13-23)14-16-29-5)25-15-11-18-7-9-19(10-8-18)27-21(28)30-22(2,3)4/h7-10H,6,11-17H2,1-5H3,(H,27,28)(H2,24,25,26). The van der Waals surface area contributed by atoms with Gasteiger partial charge < -0.3 is 20.1 Å². The van der Waals surface area contributed by atoms with E-state index in [4.69, 9.17) is 14.5 Å². The van der Waals surface area contributed by atoms with Gasteiger partial charge in [0, 0.05) is 39.0 Å². The van der Waals surface area contributed by atoms with Gasteiger partial charge in [-0.05, 0) is 76.5 Å². The van der Waals surface area contributed by atoms with Crippen molar-refractivity contribution in [3.8, 4) is 0 Å². The van der Waals surface area contributed by atoms with E-state index >= 15 is 0 Å². The first-order valence-electron chi connectivity index (χ1n) is 10.9. The van der Waals surface area contributed by atoms with Crippen molar-refractivity contribution in [3.05, 3.63) is 29.8 Å². The zero-order chi connectivity index (χ0) is 22.0.